The Hall–Kier alpha value is -0.700. The highest BCUT2D eigenvalue weighted by Gasteiger charge is 2.23. The van der Waals surface area contributed by atoms with Crippen molar-refractivity contribution < 1.29 is 0 Å². The van der Waals surface area contributed by atoms with Crippen molar-refractivity contribution in [3.8, 4) is 0 Å². The molecule has 0 saturated carbocycles. The maximum absolute atomic E-state index is 6.39. The second-order valence-electron chi connectivity index (χ2n) is 5.85. The Morgan fingerprint density at radius 1 is 1.12 bits per heavy atom. The second kappa shape index (κ2) is 6.29. The number of hydrogen-bond donors (Lipinski definition) is 2. The van der Waals surface area contributed by atoms with Crippen LogP contribution in [0, 0.1) is 11.8 Å². The maximum atomic E-state index is 6.39. The van der Waals surface area contributed by atoms with Gasteiger partial charge in [0.15, 0.2) is 0 Å². The van der Waals surface area contributed by atoms with Crippen LogP contribution in [0.15, 0.2) is 11.4 Å². The summed E-state index contributed by atoms with van der Waals surface area (Å²) in [5, 5.41) is 1.87. The summed E-state index contributed by atoms with van der Waals surface area (Å²) < 4.78 is 0. The molecule has 0 spiro atoms. The van der Waals surface area contributed by atoms with Gasteiger partial charge in [-0.2, -0.15) is 0 Å². The van der Waals surface area contributed by atoms with Crippen LogP contribution in [0.4, 0.5) is 0 Å². The van der Waals surface area contributed by atoms with Gasteiger partial charge in [-0.1, -0.05) is 26.7 Å². The Labute approximate surface area is 106 Å². The average Bonchev–Trinajstić information content (AvgIpc) is 2.22. The first-order valence-electron chi connectivity index (χ1n) is 6.97. The molecule has 0 radical (unpaired) electrons. The minimum absolute atomic E-state index is 0.316. The molecule has 1 rings (SSSR count). The summed E-state index contributed by atoms with van der Waals surface area (Å²) in [5.41, 5.74) is 8.61. The van der Waals surface area contributed by atoms with E-state index in [0.717, 1.165) is 12.1 Å². The molecule has 0 heterocycles. The van der Waals surface area contributed by atoms with Gasteiger partial charge in [0.2, 0.25) is 0 Å². The molecule has 100 valence electrons. The highest BCUT2D eigenvalue weighted by molar-refractivity contribution is 5.14. The van der Waals surface area contributed by atoms with Crippen molar-refractivity contribution in [2.24, 2.45) is 23.4 Å². The first-order valence-corrected chi connectivity index (χ1v) is 6.97. The predicted molar refractivity (Wildman–Crippen MR) is 73.8 cm³/mol. The van der Waals surface area contributed by atoms with E-state index in [-0.39, 0.29) is 0 Å². The van der Waals surface area contributed by atoms with Crippen LogP contribution >= 0.6 is 0 Å². The molecule has 4 N–H and O–H groups in total. The van der Waals surface area contributed by atoms with Gasteiger partial charge in [-0.3, -0.25) is 0 Å². The normalized spacial score (nSPS) is 27.1. The van der Waals surface area contributed by atoms with Gasteiger partial charge in [-0.15, -0.1) is 0 Å². The standard InChI is InChI=1S/C14H29N3/c1-10(2)12-8-6-5-7-9-13(14(12)15)17(16)11(3)4/h10-12H,5-9,15-16H2,1-4H3/b14-13-. The Bertz CT molecular complexity index is 269. The molecular formula is C14H29N3. The highest BCUT2D eigenvalue weighted by Crippen LogP contribution is 2.31. The predicted octanol–water partition coefficient (Wildman–Crippen LogP) is 2.98. The first kappa shape index (κ1) is 14.4. The minimum atomic E-state index is 0.316. The third-order valence-corrected chi connectivity index (χ3v) is 3.83. The molecule has 1 atom stereocenters. The third-order valence-electron chi connectivity index (χ3n) is 3.83. The lowest BCUT2D eigenvalue weighted by Gasteiger charge is -2.33. The van der Waals surface area contributed by atoms with E-state index in [1.165, 1.54) is 31.4 Å². The molecule has 1 aliphatic carbocycles. The van der Waals surface area contributed by atoms with Crippen LogP contribution in [0.25, 0.3) is 0 Å². The summed E-state index contributed by atoms with van der Waals surface area (Å²) in [6.45, 7) is 8.74. The lowest BCUT2D eigenvalue weighted by Crippen LogP contribution is -2.39. The SMILES string of the molecule is CC(C)C1CCCCC/C(N(N)C(C)C)=C\1N. The molecule has 0 bridgehead atoms. The van der Waals surface area contributed by atoms with Gasteiger partial charge in [0, 0.05) is 23.4 Å². The monoisotopic (exact) mass is 239 g/mol. The lowest BCUT2D eigenvalue weighted by molar-refractivity contribution is 0.260. The van der Waals surface area contributed by atoms with Crippen LogP contribution in [-0.4, -0.2) is 11.1 Å². The van der Waals surface area contributed by atoms with Crippen molar-refractivity contribution in [1.82, 2.24) is 5.01 Å². The van der Waals surface area contributed by atoms with Gasteiger partial charge in [0.25, 0.3) is 0 Å². The van der Waals surface area contributed by atoms with Gasteiger partial charge in [-0.25, -0.2) is 5.84 Å². The smallest absolute Gasteiger partial charge is 0.0484 e. The largest absolute Gasteiger partial charge is 0.400 e. The van der Waals surface area contributed by atoms with Crippen LogP contribution in [-0.2, 0) is 0 Å². The highest BCUT2D eigenvalue weighted by atomic mass is 15.4. The van der Waals surface area contributed by atoms with Crippen LogP contribution in [0.5, 0.6) is 0 Å². The number of rotatable bonds is 3. The molecule has 1 unspecified atom stereocenters. The van der Waals surface area contributed by atoms with Gasteiger partial charge in [-0.05, 0) is 39.0 Å². The van der Waals surface area contributed by atoms with Crippen molar-refractivity contribution in [1.29, 1.82) is 0 Å². The number of nitrogens with two attached hydrogens (primary N) is 2. The van der Waals surface area contributed by atoms with Crippen LogP contribution in [0.1, 0.15) is 59.8 Å². The van der Waals surface area contributed by atoms with Crippen molar-refractivity contribution in [3.05, 3.63) is 11.4 Å². The van der Waals surface area contributed by atoms with E-state index >= 15 is 0 Å². The number of allylic oxidation sites excluding steroid dienone is 2. The fourth-order valence-corrected chi connectivity index (χ4v) is 2.63. The van der Waals surface area contributed by atoms with E-state index in [1.807, 2.05) is 5.01 Å². The molecular weight excluding hydrogens is 210 g/mol. The summed E-state index contributed by atoms with van der Waals surface area (Å²) >= 11 is 0. The molecule has 1 aliphatic rings. The van der Waals surface area contributed by atoms with Crippen LogP contribution in [0.3, 0.4) is 0 Å². The van der Waals surface area contributed by atoms with Gasteiger partial charge in [0.1, 0.15) is 0 Å². The Kier molecular flexibility index (Phi) is 5.31. The van der Waals surface area contributed by atoms with E-state index in [0.29, 0.717) is 17.9 Å². The number of nitrogens with zero attached hydrogens (tertiary/aromatic N) is 1. The molecule has 0 aromatic heterocycles. The van der Waals surface area contributed by atoms with E-state index in [4.69, 9.17) is 11.6 Å². The fraction of sp³-hybridized carbons (Fsp3) is 0.857. The molecule has 17 heavy (non-hydrogen) atoms. The number of hydrazine groups is 1. The summed E-state index contributed by atoms with van der Waals surface area (Å²) in [6.07, 6.45) is 6.04. The maximum Gasteiger partial charge on any atom is 0.0484 e. The van der Waals surface area contributed by atoms with Crippen molar-refractivity contribution in [3.63, 3.8) is 0 Å². The zero-order chi connectivity index (χ0) is 13.0. The van der Waals surface area contributed by atoms with E-state index in [2.05, 4.69) is 27.7 Å². The molecule has 3 nitrogen and oxygen atoms in total. The van der Waals surface area contributed by atoms with Crippen LogP contribution in [0.2, 0.25) is 0 Å². The van der Waals surface area contributed by atoms with Crippen molar-refractivity contribution in [2.45, 2.75) is 65.8 Å². The summed E-state index contributed by atoms with van der Waals surface area (Å²) in [6, 6.07) is 0.316. The van der Waals surface area contributed by atoms with Gasteiger partial charge in [0.05, 0.1) is 0 Å². The van der Waals surface area contributed by atoms with Crippen molar-refractivity contribution in [2.75, 3.05) is 0 Å². The first-order chi connectivity index (χ1) is 7.95. The van der Waals surface area contributed by atoms with E-state index in [1.54, 1.807) is 0 Å². The van der Waals surface area contributed by atoms with Gasteiger partial charge < -0.3 is 10.7 Å². The molecule has 0 saturated heterocycles. The minimum Gasteiger partial charge on any atom is -0.400 e. The summed E-state index contributed by atoms with van der Waals surface area (Å²) in [5.74, 6) is 7.26. The average molecular weight is 239 g/mol. The Balaban J connectivity index is 2.99. The third kappa shape index (κ3) is 3.63. The van der Waals surface area contributed by atoms with E-state index in [9.17, 15) is 0 Å². The Morgan fingerprint density at radius 3 is 2.29 bits per heavy atom. The molecule has 0 aromatic rings. The van der Waals surface area contributed by atoms with Crippen molar-refractivity contribution >= 4 is 0 Å². The van der Waals surface area contributed by atoms with Gasteiger partial charge >= 0.3 is 0 Å². The zero-order valence-electron chi connectivity index (χ0n) is 11.9. The number of hydrogen-bond acceptors (Lipinski definition) is 3. The molecule has 0 fully saturated rings. The quantitative estimate of drug-likeness (QED) is 0.588. The fourth-order valence-electron chi connectivity index (χ4n) is 2.63. The zero-order valence-corrected chi connectivity index (χ0v) is 11.9. The molecule has 3 heteroatoms. The Morgan fingerprint density at radius 2 is 1.76 bits per heavy atom. The summed E-state index contributed by atoms with van der Waals surface area (Å²) in [7, 11) is 0. The molecule has 0 amide bonds. The van der Waals surface area contributed by atoms with E-state index < -0.39 is 0 Å². The lowest BCUT2D eigenvalue weighted by atomic mass is 9.84. The molecule has 0 aliphatic heterocycles. The van der Waals surface area contributed by atoms with Crippen LogP contribution < -0.4 is 11.6 Å². The topological polar surface area (TPSA) is 55.3 Å². The second-order valence-corrected chi connectivity index (χ2v) is 5.85. The molecule has 0 aromatic carbocycles. The summed E-state index contributed by atoms with van der Waals surface area (Å²) in [4.78, 5) is 0.